The summed E-state index contributed by atoms with van der Waals surface area (Å²) in [6, 6.07) is 0. The molecule has 0 unspecified atom stereocenters. The van der Waals surface area contributed by atoms with Crippen LogP contribution >= 0.6 is 0 Å². The van der Waals surface area contributed by atoms with Gasteiger partial charge in [0.2, 0.25) is 0 Å². The summed E-state index contributed by atoms with van der Waals surface area (Å²) in [5.41, 5.74) is -0.450. The number of ether oxygens (including phenoxy) is 1. The van der Waals surface area contributed by atoms with Crippen molar-refractivity contribution in [3.63, 3.8) is 0 Å². The average Bonchev–Trinajstić information content (AvgIpc) is 2.59. The van der Waals surface area contributed by atoms with Gasteiger partial charge in [0.05, 0.1) is 0 Å². The van der Waals surface area contributed by atoms with Crippen molar-refractivity contribution in [2.24, 2.45) is 11.8 Å². The molecule has 1 heterocycles. The number of rotatable bonds is 3. The first-order valence-electron chi connectivity index (χ1n) is 6.46. The minimum absolute atomic E-state index is 0.157. The van der Waals surface area contributed by atoms with Crippen LogP contribution in [0.3, 0.4) is 0 Å². The van der Waals surface area contributed by atoms with Crippen molar-refractivity contribution in [2.75, 3.05) is 19.7 Å². The van der Waals surface area contributed by atoms with E-state index in [4.69, 9.17) is 4.74 Å². The summed E-state index contributed by atoms with van der Waals surface area (Å²) in [5, 5.41) is 9.32. The van der Waals surface area contributed by atoms with Crippen molar-refractivity contribution in [3.05, 3.63) is 0 Å². The lowest BCUT2D eigenvalue weighted by Crippen LogP contribution is -2.35. The van der Waals surface area contributed by atoms with E-state index in [-0.39, 0.29) is 18.6 Å². The molecule has 1 amide bonds. The third kappa shape index (κ3) is 4.19. The maximum absolute atomic E-state index is 11.9. The highest BCUT2D eigenvalue weighted by Crippen LogP contribution is 2.28. The van der Waals surface area contributed by atoms with E-state index in [9.17, 15) is 9.90 Å². The third-order valence-corrected chi connectivity index (χ3v) is 3.12. The number of aliphatic hydroxyl groups excluding tert-OH is 1. The zero-order chi connectivity index (χ0) is 13.1. The van der Waals surface area contributed by atoms with Crippen LogP contribution in [0.5, 0.6) is 0 Å². The first kappa shape index (κ1) is 14.3. The maximum Gasteiger partial charge on any atom is 0.410 e. The summed E-state index contributed by atoms with van der Waals surface area (Å²) in [5.74, 6) is 0.625. The molecule has 0 saturated carbocycles. The minimum Gasteiger partial charge on any atom is -0.444 e. The topological polar surface area (TPSA) is 49.8 Å². The van der Waals surface area contributed by atoms with E-state index in [1.165, 1.54) is 0 Å². The Labute approximate surface area is 104 Å². The fraction of sp³-hybridized carbons (Fsp3) is 0.923. The molecular formula is C13H25NO3. The van der Waals surface area contributed by atoms with Crippen LogP contribution in [0.2, 0.25) is 0 Å². The van der Waals surface area contributed by atoms with Crippen molar-refractivity contribution < 1.29 is 14.6 Å². The molecule has 0 radical (unpaired) electrons. The number of hydrogen-bond acceptors (Lipinski definition) is 3. The molecule has 0 aromatic carbocycles. The number of hydrogen-bond donors (Lipinski definition) is 1. The Morgan fingerprint density at radius 1 is 1.35 bits per heavy atom. The van der Waals surface area contributed by atoms with Crippen molar-refractivity contribution in [1.82, 2.24) is 4.90 Å². The van der Waals surface area contributed by atoms with E-state index in [0.717, 1.165) is 12.8 Å². The molecule has 1 N–H and O–H groups in total. The van der Waals surface area contributed by atoms with Gasteiger partial charge in [-0.3, -0.25) is 0 Å². The largest absolute Gasteiger partial charge is 0.444 e. The fourth-order valence-electron chi connectivity index (χ4n) is 2.32. The molecule has 4 heteroatoms. The Hall–Kier alpha value is -0.770. The molecule has 4 nitrogen and oxygen atoms in total. The molecule has 1 saturated heterocycles. The van der Waals surface area contributed by atoms with Gasteiger partial charge in [-0.25, -0.2) is 4.79 Å². The zero-order valence-corrected chi connectivity index (χ0v) is 11.4. The van der Waals surface area contributed by atoms with Crippen LogP contribution in [0.25, 0.3) is 0 Å². The van der Waals surface area contributed by atoms with Crippen LogP contribution in [0.15, 0.2) is 0 Å². The quantitative estimate of drug-likeness (QED) is 0.827. The van der Waals surface area contributed by atoms with Crippen LogP contribution in [0.4, 0.5) is 4.79 Å². The first-order valence-corrected chi connectivity index (χ1v) is 6.46. The van der Waals surface area contributed by atoms with Crippen LogP contribution in [0, 0.1) is 11.8 Å². The highest BCUT2D eigenvalue weighted by Gasteiger charge is 2.35. The second-order valence-electron chi connectivity index (χ2n) is 5.88. The average molecular weight is 243 g/mol. The number of nitrogens with zero attached hydrogens (tertiary/aromatic N) is 1. The van der Waals surface area contributed by atoms with E-state index in [1.807, 2.05) is 20.8 Å². The second-order valence-corrected chi connectivity index (χ2v) is 5.88. The Morgan fingerprint density at radius 2 is 1.94 bits per heavy atom. The Balaban J connectivity index is 2.54. The zero-order valence-electron chi connectivity index (χ0n) is 11.4. The molecule has 1 aliphatic rings. The lowest BCUT2D eigenvalue weighted by Gasteiger charge is -2.24. The Kier molecular flexibility index (Phi) is 4.80. The smallest absolute Gasteiger partial charge is 0.410 e. The van der Waals surface area contributed by atoms with Gasteiger partial charge in [0.15, 0.2) is 0 Å². The molecule has 0 aromatic heterocycles. The van der Waals surface area contributed by atoms with Crippen LogP contribution in [0.1, 0.15) is 40.5 Å². The first-order chi connectivity index (χ1) is 7.87. The SMILES string of the molecule is CCC[C@H]1CN(C(=O)OC(C)(C)C)C[C@H]1CO. The van der Waals surface area contributed by atoms with Crippen molar-refractivity contribution >= 4 is 6.09 Å². The molecule has 0 spiro atoms. The standard InChI is InChI=1S/C13H25NO3/c1-5-6-10-7-14(8-11(10)9-15)12(16)17-13(2,3)4/h10-11,15H,5-9H2,1-4H3/t10-,11-/m0/s1. The van der Waals surface area contributed by atoms with Gasteiger partial charge >= 0.3 is 6.09 Å². The number of carbonyl (C=O) groups excluding carboxylic acids is 1. The predicted octanol–water partition coefficient (Wildman–Crippen LogP) is 2.26. The summed E-state index contributed by atoms with van der Waals surface area (Å²) >= 11 is 0. The van der Waals surface area contributed by atoms with Crippen LogP contribution < -0.4 is 0 Å². The molecule has 0 aliphatic carbocycles. The normalized spacial score (nSPS) is 25.1. The van der Waals surface area contributed by atoms with Crippen LogP contribution in [-0.2, 0) is 4.74 Å². The lowest BCUT2D eigenvalue weighted by atomic mass is 9.93. The van der Waals surface area contributed by atoms with Gasteiger partial charge in [-0.05, 0) is 33.1 Å². The Morgan fingerprint density at radius 3 is 2.41 bits per heavy atom. The summed E-state index contributed by atoms with van der Waals surface area (Å²) in [6.45, 7) is 9.23. The van der Waals surface area contributed by atoms with Gasteiger partial charge in [-0.1, -0.05) is 13.3 Å². The van der Waals surface area contributed by atoms with Crippen LogP contribution in [-0.4, -0.2) is 41.4 Å². The van der Waals surface area contributed by atoms with E-state index in [0.29, 0.717) is 19.0 Å². The van der Waals surface area contributed by atoms with Gasteiger partial charge in [0, 0.05) is 25.6 Å². The van der Waals surface area contributed by atoms with E-state index in [1.54, 1.807) is 4.90 Å². The van der Waals surface area contributed by atoms with Gasteiger partial charge in [0.1, 0.15) is 5.60 Å². The highest BCUT2D eigenvalue weighted by molar-refractivity contribution is 5.68. The number of aliphatic hydroxyl groups is 1. The van der Waals surface area contributed by atoms with Gasteiger partial charge in [-0.15, -0.1) is 0 Å². The molecule has 17 heavy (non-hydrogen) atoms. The minimum atomic E-state index is -0.450. The van der Waals surface area contributed by atoms with Gasteiger partial charge in [-0.2, -0.15) is 0 Å². The van der Waals surface area contributed by atoms with E-state index in [2.05, 4.69) is 6.92 Å². The predicted molar refractivity (Wildman–Crippen MR) is 66.8 cm³/mol. The highest BCUT2D eigenvalue weighted by atomic mass is 16.6. The molecule has 2 atom stereocenters. The van der Waals surface area contributed by atoms with Crippen molar-refractivity contribution in [3.8, 4) is 0 Å². The summed E-state index contributed by atoms with van der Waals surface area (Å²) < 4.78 is 5.35. The summed E-state index contributed by atoms with van der Waals surface area (Å²) in [4.78, 5) is 13.6. The van der Waals surface area contributed by atoms with E-state index < -0.39 is 5.60 Å². The third-order valence-electron chi connectivity index (χ3n) is 3.12. The molecule has 0 aromatic rings. The number of carbonyl (C=O) groups is 1. The monoisotopic (exact) mass is 243 g/mol. The lowest BCUT2D eigenvalue weighted by molar-refractivity contribution is 0.0280. The summed E-state index contributed by atoms with van der Waals surface area (Å²) in [6.07, 6.45) is 1.89. The molecule has 100 valence electrons. The second kappa shape index (κ2) is 5.71. The van der Waals surface area contributed by atoms with Gasteiger partial charge in [0.25, 0.3) is 0 Å². The fourth-order valence-corrected chi connectivity index (χ4v) is 2.32. The molecule has 0 bridgehead atoms. The Bertz CT molecular complexity index is 260. The molecule has 1 aliphatic heterocycles. The van der Waals surface area contributed by atoms with Crippen molar-refractivity contribution in [2.45, 2.75) is 46.1 Å². The molecule has 1 rings (SSSR count). The number of amides is 1. The number of likely N-dealkylation sites (tertiary alicyclic amines) is 1. The maximum atomic E-state index is 11.9. The molecule has 1 fully saturated rings. The van der Waals surface area contributed by atoms with Crippen molar-refractivity contribution in [1.29, 1.82) is 0 Å². The van der Waals surface area contributed by atoms with Gasteiger partial charge < -0.3 is 14.7 Å². The van der Waals surface area contributed by atoms with E-state index >= 15 is 0 Å². The summed E-state index contributed by atoms with van der Waals surface area (Å²) in [7, 11) is 0. The molecular weight excluding hydrogens is 218 g/mol.